The molecule has 0 radical (unpaired) electrons. The van der Waals surface area contributed by atoms with Gasteiger partial charge in [-0.2, -0.15) is 5.10 Å². The third kappa shape index (κ3) is 5.98. The summed E-state index contributed by atoms with van der Waals surface area (Å²) in [5, 5.41) is 6.65. The molecule has 0 unspecified atom stereocenters. The smallest absolute Gasteiger partial charge is 0.345 e. The molecule has 1 amide bonds. The van der Waals surface area contributed by atoms with Gasteiger partial charge in [-0.3, -0.25) is 4.79 Å². The maximum Gasteiger partial charge on any atom is 0.345 e. The zero-order valence-electron chi connectivity index (χ0n) is 18.6. The van der Waals surface area contributed by atoms with Crippen LogP contribution in [0.4, 0.5) is 0 Å². The number of amides is 1. The fourth-order valence-electron chi connectivity index (χ4n) is 3.30. The van der Waals surface area contributed by atoms with E-state index in [-0.39, 0.29) is 16.3 Å². The SMILES string of the molecule is C[C@H](Oc1ccc(Cl)cc1)C(=O)N/N=C\c1c(OC(=O)c2ccccc2Cl)ccc2ccccc12. The number of esters is 1. The second kappa shape index (κ2) is 11.0. The lowest BCUT2D eigenvalue weighted by Crippen LogP contribution is -2.33. The van der Waals surface area contributed by atoms with Gasteiger partial charge in [0.05, 0.1) is 16.8 Å². The molecule has 0 heterocycles. The van der Waals surface area contributed by atoms with Crippen molar-refractivity contribution in [2.45, 2.75) is 13.0 Å². The first-order valence-corrected chi connectivity index (χ1v) is 11.4. The summed E-state index contributed by atoms with van der Waals surface area (Å²) in [4.78, 5) is 25.2. The number of carbonyl (C=O) groups excluding carboxylic acids is 2. The van der Waals surface area contributed by atoms with Gasteiger partial charge >= 0.3 is 5.97 Å². The molecule has 0 aliphatic carbocycles. The number of hydrazone groups is 1. The molecule has 0 bridgehead atoms. The van der Waals surface area contributed by atoms with Crippen LogP contribution in [0.3, 0.4) is 0 Å². The molecule has 4 aromatic rings. The molecule has 0 aliphatic heterocycles. The standard InChI is InChI=1S/C27H20Cl2N2O4/c1-17(34-20-13-11-19(28)12-14-20)26(32)31-30-16-23-21-7-3-2-6-18(21)10-15-25(23)35-27(33)22-8-4-5-9-24(22)29/h2-17H,1H3,(H,31,32)/b30-16-/t17-/m0/s1. The van der Waals surface area contributed by atoms with E-state index in [1.165, 1.54) is 6.21 Å². The summed E-state index contributed by atoms with van der Waals surface area (Å²) >= 11 is 12.0. The van der Waals surface area contributed by atoms with Gasteiger partial charge in [-0.25, -0.2) is 10.2 Å². The van der Waals surface area contributed by atoms with E-state index >= 15 is 0 Å². The Kier molecular flexibility index (Phi) is 7.65. The molecule has 0 saturated heterocycles. The fraction of sp³-hybridized carbons (Fsp3) is 0.0741. The minimum absolute atomic E-state index is 0.242. The molecule has 8 heteroatoms. The van der Waals surface area contributed by atoms with Crippen LogP contribution in [0, 0.1) is 0 Å². The molecule has 6 nitrogen and oxygen atoms in total. The topological polar surface area (TPSA) is 77.0 Å². The van der Waals surface area contributed by atoms with Crippen molar-refractivity contribution in [3.05, 3.63) is 106 Å². The Balaban J connectivity index is 1.54. The van der Waals surface area contributed by atoms with Crippen molar-refractivity contribution < 1.29 is 19.1 Å². The first kappa shape index (κ1) is 24.3. The molecule has 4 rings (SSSR count). The van der Waals surface area contributed by atoms with Gasteiger partial charge in [0.15, 0.2) is 6.10 Å². The van der Waals surface area contributed by atoms with E-state index < -0.39 is 18.0 Å². The van der Waals surface area contributed by atoms with Crippen LogP contribution >= 0.6 is 23.2 Å². The first-order chi connectivity index (χ1) is 16.9. The second-order valence-corrected chi connectivity index (χ2v) is 8.36. The minimum atomic E-state index is -0.807. The number of carbonyl (C=O) groups is 2. The van der Waals surface area contributed by atoms with Gasteiger partial charge in [-0.1, -0.05) is 65.7 Å². The van der Waals surface area contributed by atoms with Crippen LogP contribution in [-0.2, 0) is 4.79 Å². The van der Waals surface area contributed by atoms with Crippen molar-refractivity contribution in [1.29, 1.82) is 0 Å². The summed E-state index contributed by atoms with van der Waals surface area (Å²) < 4.78 is 11.3. The molecule has 0 spiro atoms. The van der Waals surface area contributed by atoms with Gasteiger partial charge in [0, 0.05) is 10.6 Å². The average molecular weight is 507 g/mol. The molecule has 0 aliphatic rings. The van der Waals surface area contributed by atoms with Crippen LogP contribution in [-0.4, -0.2) is 24.2 Å². The summed E-state index contributed by atoms with van der Waals surface area (Å²) in [7, 11) is 0. The Morgan fingerprint density at radius 3 is 2.40 bits per heavy atom. The Labute approximate surface area is 212 Å². The number of nitrogens with zero attached hydrogens (tertiary/aromatic N) is 1. The molecule has 176 valence electrons. The van der Waals surface area contributed by atoms with Gasteiger partial charge in [-0.15, -0.1) is 0 Å². The quantitative estimate of drug-likeness (QED) is 0.138. The number of ether oxygens (including phenoxy) is 2. The Morgan fingerprint density at radius 1 is 0.914 bits per heavy atom. The lowest BCUT2D eigenvalue weighted by molar-refractivity contribution is -0.127. The summed E-state index contributed by atoms with van der Waals surface area (Å²) in [6.07, 6.45) is 0.628. The normalized spacial score (nSPS) is 11.9. The molecule has 0 fully saturated rings. The van der Waals surface area contributed by atoms with Crippen molar-refractivity contribution in [2.75, 3.05) is 0 Å². The zero-order chi connectivity index (χ0) is 24.8. The van der Waals surface area contributed by atoms with Crippen molar-refractivity contribution in [1.82, 2.24) is 5.43 Å². The summed E-state index contributed by atoms with van der Waals surface area (Å²) in [6, 6.07) is 24.4. The van der Waals surface area contributed by atoms with Crippen molar-refractivity contribution in [2.24, 2.45) is 5.10 Å². The van der Waals surface area contributed by atoms with Gasteiger partial charge in [-0.05, 0) is 60.2 Å². The number of nitrogens with one attached hydrogen (secondary N) is 1. The van der Waals surface area contributed by atoms with Crippen molar-refractivity contribution in [3.63, 3.8) is 0 Å². The number of hydrogen-bond acceptors (Lipinski definition) is 5. The lowest BCUT2D eigenvalue weighted by Gasteiger charge is -2.13. The highest BCUT2D eigenvalue weighted by Crippen LogP contribution is 2.28. The first-order valence-electron chi connectivity index (χ1n) is 10.7. The van der Waals surface area contributed by atoms with E-state index in [1.807, 2.05) is 30.3 Å². The van der Waals surface area contributed by atoms with Crippen molar-refractivity contribution >= 4 is 52.1 Å². The monoisotopic (exact) mass is 506 g/mol. The Hall–Kier alpha value is -3.87. The van der Waals surface area contributed by atoms with E-state index in [1.54, 1.807) is 61.5 Å². The molecule has 0 saturated carbocycles. The lowest BCUT2D eigenvalue weighted by atomic mass is 10.0. The molecule has 0 aromatic heterocycles. The predicted octanol–water partition coefficient (Wildman–Crippen LogP) is 6.28. The number of rotatable bonds is 7. The maximum atomic E-state index is 12.7. The predicted molar refractivity (Wildman–Crippen MR) is 138 cm³/mol. The van der Waals surface area contributed by atoms with Crippen LogP contribution in [0.15, 0.2) is 90.0 Å². The summed E-state index contributed by atoms with van der Waals surface area (Å²) in [6.45, 7) is 1.61. The third-order valence-corrected chi connectivity index (χ3v) is 5.67. The van der Waals surface area contributed by atoms with Crippen LogP contribution in [0.2, 0.25) is 10.0 Å². The van der Waals surface area contributed by atoms with E-state index in [9.17, 15) is 9.59 Å². The summed E-state index contributed by atoms with van der Waals surface area (Å²) in [5.41, 5.74) is 3.23. The van der Waals surface area contributed by atoms with E-state index in [0.717, 1.165) is 10.8 Å². The Bertz CT molecular complexity index is 1400. The average Bonchev–Trinajstić information content (AvgIpc) is 2.86. The molecule has 35 heavy (non-hydrogen) atoms. The van der Waals surface area contributed by atoms with E-state index in [2.05, 4.69) is 10.5 Å². The van der Waals surface area contributed by atoms with Crippen LogP contribution < -0.4 is 14.9 Å². The van der Waals surface area contributed by atoms with Gasteiger partial charge in [0.1, 0.15) is 11.5 Å². The van der Waals surface area contributed by atoms with Crippen LogP contribution in [0.1, 0.15) is 22.8 Å². The number of fused-ring (bicyclic) bond motifs is 1. The largest absolute Gasteiger partial charge is 0.481 e. The highest BCUT2D eigenvalue weighted by Gasteiger charge is 2.17. The van der Waals surface area contributed by atoms with Crippen LogP contribution in [0.25, 0.3) is 10.8 Å². The zero-order valence-corrected chi connectivity index (χ0v) is 20.1. The van der Waals surface area contributed by atoms with Crippen LogP contribution in [0.5, 0.6) is 11.5 Å². The van der Waals surface area contributed by atoms with E-state index in [4.69, 9.17) is 32.7 Å². The molecule has 1 atom stereocenters. The molecule has 4 aromatic carbocycles. The van der Waals surface area contributed by atoms with Crippen molar-refractivity contribution in [3.8, 4) is 11.5 Å². The number of halogens is 2. The molecule has 1 N–H and O–H groups in total. The third-order valence-electron chi connectivity index (χ3n) is 5.09. The van der Waals surface area contributed by atoms with Gasteiger partial charge in [0.2, 0.25) is 0 Å². The molecular formula is C27H20Cl2N2O4. The fourth-order valence-corrected chi connectivity index (χ4v) is 3.64. The van der Waals surface area contributed by atoms with Gasteiger partial charge in [0.25, 0.3) is 5.91 Å². The summed E-state index contributed by atoms with van der Waals surface area (Å²) in [5.74, 6) is -0.276. The highest BCUT2D eigenvalue weighted by molar-refractivity contribution is 6.33. The Morgan fingerprint density at radius 2 is 1.63 bits per heavy atom. The number of benzene rings is 4. The highest BCUT2D eigenvalue weighted by atomic mass is 35.5. The van der Waals surface area contributed by atoms with E-state index in [0.29, 0.717) is 16.3 Å². The minimum Gasteiger partial charge on any atom is -0.481 e. The van der Waals surface area contributed by atoms with Gasteiger partial charge < -0.3 is 9.47 Å². The maximum absolute atomic E-state index is 12.7. The molecular weight excluding hydrogens is 487 g/mol. The number of hydrogen-bond donors (Lipinski definition) is 1. The second-order valence-electron chi connectivity index (χ2n) is 7.52.